The van der Waals surface area contributed by atoms with Crippen LogP contribution in [0.4, 0.5) is 13.2 Å². The summed E-state index contributed by atoms with van der Waals surface area (Å²) in [6, 6.07) is 32.8. The Balaban J connectivity index is 1.27. The topological polar surface area (TPSA) is 45.2 Å². The first-order chi connectivity index (χ1) is 24.8. The van der Waals surface area contributed by atoms with Crippen LogP contribution in [0.15, 0.2) is 103 Å². The summed E-state index contributed by atoms with van der Waals surface area (Å²) >= 11 is 0. The van der Waals surface area contributed by atoms with Crippen LogP contribution in [0.5, 0.6) is 5.75 Å². The van der Waals surface area contributed by atoms with Crippen LogP contribution in [-0.4, -0.2) is 81.3 Å². The van der Waals surface area contributed by atoms with Gasteiger partial charge < -0.3 is 14.3 Å². The predicted molar refractivity (Wildman–Crippen MR) is 205 cm³/mol. The largest absolute Gasteiger partial charge is 0.492 e. The van der Waals surface area contributed by atoms with Gasteiger partial charge in [0.25, 0.3) is 14.2 Å². The number of hydrogen-bond donors (Lipinski definition) is 1. The van der Waals surface area contributed by atoms with Crippen molar-refractivity contribution in [3.05, 3.63) is 125 Å². The summed E-state index contributed by atoms with van der Waals surface area (Å²) in [5.74, 6) is -2.33. The van der Waals surface area contributed by atoms with Gasteiger partial charge in [-0.15, -0.1) is 0 Å². The SMILES string of the molecule is CC(O)c1ccc2c(c1)C[C@@H](C)N(CC(F)(F)CO[Si](c1ccccc1)(c1ccccc1)C(C)(C)C)[C@@H]2c1ccc(OCCN2CC(CF)C2)cc1. The third kappa shape index (κ3) is 8.19. The molecule has 1 N–H and O–H groups in total. The van der Waals surface area contributed by atoms with Crippen LogP contribution in [0.3, 0.4) is 0 Å². The molecule has 0 saturated carbocycles. The van der Waals surface area contributed by atoms with E-state index < -0.39 is 44.6 Å². The normalized spacial score (nSPS) is 19.6. The van der Waals surface area contributed by atoms with Crippen LogP contribution >= 0.6 is 0 Å². The molecule has 4 aromatic carbocycles. The summed E-state index contributed by atoms with van der Waals surface area (Å²) < 4.78 is 59.0. The molecule has 0 amide bonds. The van der Waals surface area contributed by atoms with E-state index in [0.717, 1.165) is 52.3 Å². The van der Waals surface area contributed by atoms with Gasteiger partial charge in [0.1, 0.15) is 12.4 Å². The molecule has 1 unspecified atom stereocenters. The molecule has 0 aliphatic carbocycles. The summed E-state index contributed by atoms with van der Waals surface area (Å²) in [5, 5.41) is 11.9. The Kier molecular flexibility index (Phi) is 11.7. The lowest BCUT2D eigenvalue weighted by Crippen LogP contribution is -2.67. The zero-order valence-electron chi connectivity index (χ0n) is 31.1. The number of nitrogens with zero attached hydrogens (tertiary/aromatic N) is 2. The first-order valence-electron chi connectivity index (χ1n) is 18.5. The number of likely N-dealkylation sites (tertiary alicyclic amines) is 1. The quantitative estimate of drug-likeness (QED) is 0.136. The average Bonchev–Trinajstić information content (AvgIpc) is 3.10. The summed E-state index contributed by atoms with van der Waals surface area (Å²) in [5.41, 5.74) is 3.72. The van der Waals surface area contributed by atoms with Gasteiger partial charge in [-0.3, -0.25) is 14.2 Å². The second kappa shape index (κ2) is 15.9. The van der Waals surface area contributed by atoms with Gasteiger partial charge in [0.05, 0.1) is 32.0 Å². The Morgan fingerprint density at radius 3 is 2.06 bits per heavy atom. The molecule has 0 aromatic heterocycles. The highest BCUT2D eigenvalue weighted by molar-refractivity contribution is 6.99. The molecule has 0 bridgehead atoms. The summed E-state index contributed by atoms with van der Waals surface area (Å²) in [6.45, 7) is 11.3. The van der Waals surface area contributed by atoms with E-state index in [0.29, 0.717) is 18.8 Å². The molecule has 9 heteroatoms. The van der Waals surface area contributed by atoms with Gasteiger partial charge in [0.15, 0.2) is 0 Å². The zero-order valence-corrected chi connectivity index (χ0v) is 32.1. The van der Waals surface area contributed by atoms with Crippen LogP contribution < -0.4 is 15.1 Å². The van der Waals surface area contributed by atoms with E-state index >= 15 is 8.78 Å². The van der Waals surface area contributed by atoms with Gasteiger partial charge in [-0.2, -0.15) is 0 Å². The van der Waals surface area contributed by atoms with Crippen molar-refractivity contribution < 1.29 is 27.4 Å². The second-order valence-electron chi connectivity index (χ2n) is 15.8. The number of aliphatic hydroxyl groups is 1. The van der Waals surface area contributed by atoms with Crippen molar-refractivity contribution in [1.82, 2.24) is 9.80 Å². The van der Waals surface area contributed by atoms with Crippen molar-refractivity contribution in [2.45, 2.75) is 70.2 Å². The van der Waals surface area contributed by atoms with Crippen molar-refractivity contribution in [3.8, 4) is 5.75 Å². The zero-order chi connectivity index (χ0) is 37.1. The first-order valence-corrected chi connectivity index (χ1v) is 20.4. The minimum atomic E-state index is -3.18. The lowest BCUT2D eigenvalue weighted by molar-refractivity contribution is -0.0818. The molecule has 2 aliphatic rings. The minimum absolute atomic E-state index is 0.134. The van der Waals surface area contributed by atoms with Crippen molar-refractivity contribution in [2.75, 3.05) is 46.1 Å². The molecule has 6 rings (SSSR count). The van der Waals surface area contributed by atoms with E-state index in [1.165, 1.54) is 0 Å². The summed E-state index contributed by atoms with van der Waals surface area (Å²) in [6.07, 6.45) is -0.0467. The van der Waals surface area contributed by atoms with E-state index in [1.807, 2.05) is 115 Å². The smallest absolute Gasteiger partial charge is 0.282 e. The van der Waals surface area contributed by atoms with Gasteiger partial charge in [0, 0.05) is 31.6 Å². The fraction of sp³-hybridized carbons (Fsp3) is 0.442. The van der Waals surface area contributed by atoms with E-state index in [2.05, 4.69) is 25.7 Å². The van der Waals surface area contributed by atoms with E-state index in [1.54, 1.807) is 6.92 Å². The summed E-state index contributed by atoms with van der Waals surface area (Å²) in [4.78, 5) is 4.09. The third-order valence-electron chi connectivity index (χ3n) is 10.8. The van der Waals surface area contributed by atoms with E-state index in [4.69, 9.17) is 9.16 Å². The Labute approximate surface area is 308 Å². The number of alkyl halides is 3. The lowest BCUT2D eigenvalue weighted by atomic mass is 9.83. The van der Waals surface area contributed by atoms with Crippen LogP contribution in [0.2, 0.25) is 5.04 Å². The molecule has 52 heavy (non-hydrogen) atoms. The van der Waals surface area contributed by atoms with Crippen molar-refractivity contribution >= 4 is 18.7 Å². The Hall–Kier alpha value is -3.47. The van der Waals surface area contributed by atoms with Gasteiger partial charge >= 0.3 is 0 Å². The number of fused-ring (bicyclic) bond motifs is 1. The predicted octanol–water partition coefficient (Wildman–Crippen LogP) is 7.57. The Morgan fingerprint density at radius 2 is 1.50 bits per heavy atom. The van der Waals surface area contributed by atoms with Crippen LogP contribution in [-0.2, 0) is 10.8 Å². The molecule has 278 valence electrons. The fourth-order valence-corrected chi connectivity index (χ4v) is 12.7. The van der Waals surface area contributed by atoms with Crippen molar-refractivity contribution in [1.29, 1.82) is 0 Å². The monoisotopic (exact) mass is 730 g/mol. The highest BCUT2D eigenvalue weighted by Gasteiger charge is 2.52. The molecule has 2 heterocycles. The molecule has 0 spiro atoms. The van der Waals surface area contributed by atoms with Gasteiger partial charge in [0.2, 0.25) is 0 Å². The number of ether oxygens (including phenoxy) is 1. The minimum Gasteiger partial charge on any atom is -0.492 e. The highest BCUT2D eigenvalue weighted by Crippen LogP contribution is 2.42. The molecular formula is C43H53F3N2O3Si. The Bertz CT molecular complexity index is 1710. The van der Waals surface area contributed by atoms with Crippen LogP contribution in [0.25, 0.3) is 0 Å². The Morgan fingerprint density at radius 1 is 0.885 bits per heavy atom. The van der Waals surface area contributed by atoms with Crippen molar-refractivity contribution in [2.24, 2.45) is 5.92 Å². The average molecular weight is 731 g/mol. The maximum Gasteiger partial charge on any atom is 0.282 e. The number of hydrogen-bond acceptors (Lipinski definition) is 5. The summed E-state index contributed by atoms with van der Waals surface area (Å²) in [7, 11) is -3.18. The van der Waals surface area contributed by atoms with Crippen molar-refractivity contribution in [3.63, 3.8) is 0 Å². The maximum atomic E-state index is 16.7. The second-order valence-corrected chi connectivity index (χ2v) is 20.1. The van der Waals surface area contributed by atoms with Crippen LogP contribution in [0.1, 0.15) is 69.0 Å². The fourth-order valence-electron chi connectivity index (χ4n) is 8.10. The number of rotatable bonds is 14. The third-order valence-corrected chi connectivity index (χ3v) is 15.8. The molecule has 2 aliphatic heterocycles. The number of halogens is 3. The molecule has 1 saturated heterocycles. The standard InChI is InChI=1S/C43H53F3N2O3Si/c1-31-24-36-25-35(32(2)49)18-21-40(36)41(34-16-19-37(20-17-34)50-23-22-47-27-33(26-44)28-47)48(31)29-43(45,46)30-51-52(42(3,4)5,38-12-8-6-9-13-38)39-14-10-7-11-15-39/h6-21,25,31-33,41,49H,22-24,26-30H2,1-5H3/t31-,32?,41-/m1/s1. The van der Waals surface area contributed by atoms with Gasteiger partial charge in [-0.1, -0.05) is 112 Å². The molecule has 1 fully saturated rings. The van der Waals surface area contributed by atoms with E-state index in [9.17, 15) is 9.50 Å². The van der Waals surface area contributed by atoms with Crippen LogP contribution in [0, 0.1) is 5.92 Å². The lowest BCUT2D eigenvalue weighted by Gasteiger charge is -2.46. The van der Waals surface area contributed by atoms with E-state index in [-0.39, 0.29) is 18.6 Å². The maximum absolute atomic E-state index is 16.7. The highest BCUT2D eigenvalue weighted by atomic mass is 28.4. The molecule has 5 nitrogen and oxygen atoms in total. The van der Waals surface area contributed by atoms with Gasteiger partial charge in [-0.25, -0.2) is 8.78 Å². The first kappa shape index (κ1) is 38.3. The molecule has 0 radical (unpaired) electrons. The number of aliphatic hydroxyl groups excluding tert-OH is 1. The molecule has 3 atom stereocenters. The molecular weight excluding hydrogens is 678 g/mol. The van der Waals surface area contributed by atoms with Gasteiger partial charge in [-0.05, 0) is 70.1 Å². The molecule has 4 aromatic rings. The number of benzene rings is 4.